The fourth-order valence-electron chi connectivity index (χ4n) is 5.23. The zero-order valence-electron chi connectivity index (χ0n) is 23.9. The van der Waals surface area contributed by atoms with Crippen molar-refractivity contribution < 1.29 is 18.9 Å². The van der Waals surface area contributed by atoms with Crippen LogP contribution < -0.4 is 24.9 Å². The van der Waals surface area contributed by atoms with Crippen LogP contribution in [0.25, 0.3) is 17.4 Å². The summed E-state index contributed by atoms with van der Waals surface area (Å²) in [5.74, 6) is 1.12. The maximum Gasteiger partial charge on any atom is 0.273 e. The number of anilines is 1. The average molecular weight is 607 g/mol. The lowest BCUT2D eigenvalue weighted by Crippen LogP contribution is -2.40. The second-order valence-corrected chi connectivity index (χ2v) is 11.1. The van der Waals surface area contributed by atoms with Crippen LogP contribution in [-0.2, 0) is 4.79 Å². The number of rotatable bonds is 7. The molecule has 5 aromatic rings. The van der Waals surface area contributed by atoms with Crippen molar-refractivity contribution in [2.45, 2.75) is 19.9 Å². The molecule has 0 fully saturated rings. The highest BCUT2D eigenvalue weighted by atomic mass is 32.1. The predicted octanol–water partition coefficient (Wildman–Crippen LogP) is 5.36. The lowest BCUT2D eigenvalue weighted by atomic mass is 9.95. The van der Waals surface area contributed by atoms with Crippen LogP contribution in [0.3, 0.4) is 0 Å². The molecule has 0 radical (unpaired) electrons. The molecule has 0 saturated carbocycles. The van der Waals surface area contributed by atoms with Gasteiger partial charge in [-0.25, -0.2) is 4.99 Å². The van der Waals surface area contributed by atoms with Gasteiger partial charge in [-0.1, -0.05) is 53.8 Å². The number of nitro groups is 1. The largest absolute Gasteiger partial charge is 0.497 e. The standard InChI is InChI=1S/C33H26N4O6S/c1-19-25(10-7-11-26(19)37(40)41)27-17-16-24(43-27)18-28-32(39)36-30(21-12-14-23(42-3)15-13-21)29(20(2)34-33(36)44-28)31(38)35-22-8-5-4-6-9-22/h4-18,30H,1-3H3,(H,35,38)/b28-18+/t30-/m0/s1. The predicted molar refractivity (Wildman–Crippen MR) is 167 cm³/mol. The second kappa shape index (κ2) is 11.6. The first-order valence-corrected chi connectivity index (χ1v) is 14.4. The van der Waals surface area contributed by atoms with Crippen LogP contribution in [0.1, 0.15) is 29.9 Å². The van der Waals surface area contributed by atoms with E-state index in [1.165, 1.54) is 22.0 Å². The molecular weight excluding hydrogens is 580 g/mol. The first kappa shape index (κ1) is 28.6. The number of carbonyl (C=O) groups excluding carboxylic acids is 1. The molecule has 10 nitrogen and oxygen atoms in total. The Morgan fingerprint density at radius 2 is 1.80 bits per heavy atom. The molecule has 2 aromatic heterocycles. The van der Waals surface area contributed by atoms with Crippen LogP contribution in [0.2, 0.25) is 0 Å². The van der Waals surface area contributed by atoms with Gasteiger partial charge in [0.15, 0.2) is 4.80 Å². The summed E-state index contributed by atoms with van der Waals surface area (Å²) >= 11 is 1.19. The molecule has 44 heavy (non-hydrogen) atoms. The van der Waals surface area contributed by atoms with Gasteiger partial charge in [-0.15, -0.1) is 0 Å². The summed E-state index contributed by atoms with van der Waals surface area (Å²) in [6, 6.07) is 23.8. The molecule has 1 N–H and O–H groups in total. The molecule has 1 amide bonds. The number of nitrogens with zero attached hydrogens (tertiary/aromatic N) is 3. The third-order valence-electron chi connectivity index (χ3n) is 7.40. The minimum Gasteiger partial charge on any atom is -0.497 e. The third-order valence-corrected chi connectivity index (χ3v) is 8.38. The zero-order chi connectivity index (χ0) is 31.0. The van der Waals surface area contributed by atoms with Gasteiger partial charge in [0, 0.05) is 29.0 Å². The molecule has 0 aliphatic carbocycles. The van der Waals surface area contributed by atoms with Crippen molar-refractivity contribution in [3.05, 3.63) is 143 Å². The van der Waals surface area contributed by atoms with Gasteiger partial charge in [-0.3, -0.25) is 24.3 Å². The normalized spacial score (nSPS) is 14.6. The van der Waals surface area contributed by atoms with Crippen molar-refractivity contribution in [2.24, 2.45) is 4.99 Å². The second-order valence-electron chi connectivity index (χ2n) is 10.1. The Labute approximate surface area is 255 Å². The molecule has 3 aromatic carbocycles. The Morgan fingerprint density at radius 1 is 1.05 bits per heavy atom. The summed E-state index contributed by atoms with van der Waals surface area (Å²) in [7, 11) is 1.57. The number of allylic oxidation sites excluding steroid dienone is 1. The van der Waals surface area contributed by atoms with E-state index in [2.05, 4.69) is 10.3 Å². The molecule has 220 valence electrons. The quantitative estimate of drug-likeness (QED) is 0.196. The summed E-state index contributed by atoms with van der Waals surface area (Å²) in [5.41, 5.74) is 2.90. The Morgan fingerprint density at radius 3 is 2.50 bits per heavy atom. The monoisotopic (exact) mass is 606 g/mol. The van der Waals surface area contributed by atoms with Crippen molar-refractivity contribution in [3.63, 3.8) is 0 Å². The van der Waals surface area contributed by atoms with E-state index < -0.39 is 11.0 Å². The van der Waals surface area contributed by atoms with Gasteiger partial charge in [0.05, 0.1) is 33.9 Å². The lowest BCUT2D eigenvalue weighted by molar-refractivity contribution is -0.385. The van der Waals surface area contributed by atoms with E-state index in [1.54, 1.807) is 75.6 Å². The van der Waals surface area contributed by atoms with Crippen LogP contribution in [0, 0.1) is 17.0 Å². The van der Waals surface area contributed by atoms with Gasteiger partial charge < -0.3 is 14.5 Å². The number of amides is 1. The molecule has 1 aliphatic heterocycles. The first-order valence-electron chi connectivity index (χ1n) is 13.6. The van der Waals surface area contributed by atoms with Crippen molar-refractivity contribution >= 4 is 34.7 Å². The van der Waals surface area contributed by atoms with Crippen LogP contribution in [0.4, 0.5) is 11.4 Å². The summed E-state index contributed by atoms with van der Waals surface area (Å²) in [5, 5.41) is 14.4. The fraction of sp³-hybridized carbons (Fsp3) is 0.121. The van der Waals surface area contributed by atoms with Crippen molar-refractivity contribution in [1.82, 2.24) is 4.57 Å². The van der Waals surface area contributed by atoms with Crippen molar-refractivity contribution in [2.75, 3.05) is 12.4 Å². The summed E-state index contributed by atoms with van der Waals surface area (Å²) in [4.78, 5) is 43.8. The summed E-state index contributed by atoms with van der Waals surface area (Å²) in [6.07, 6.45) is 1.62. The highest BCUT2D eigenvalue weighted by molar-refractivity contribution is 7.07. The molecule has 11 heteroatoms. The maximum absolute atomic E-state index is 14.0. The van der Waals surface area contributed by atoms with E-state index in [-0.39, 0.29) is 17.2 Å². The summed E-state index contributed by atoms with van der Waals surface area (Å²) in [6.45, 7) is 3.43. The highest BCUT2D eigenvalue weighted by Crippen LogP contribution is 2.33. The van der Waals surface area contributed by atoms with Gasteiger partial charge in [-0.2, -0.15) is 0 Å². The third kappa shape index (κ3) is 5.25. The number of fused-ring (bicyclic) bond motifs is 1. The first-order chi connectivity index (χ1) is 21.2. The van der Waals surface area contributed by atoms with Gasteiger partial charge in [0.25, 0.3) is 17.2 Å². The molecule has 3 heterocycles. The van der Waals surface area contributed by atoms with Gasteiger partial charge in [0.1, 0.15) is 17.3 Å². The van der Waals surface area contributed by atoms with E-state index in [1.807, 2.05) is 30.3 Å². The van der Waals surface area contributed by atoms with E-state index in [9.17, 15) is 19.7 Å². The fourth-order valence-corrected chi connectivity index (χ4v) is 6.25. The average Bonchev–Trinajstić information content (AvgIpc) is 3.60. The number of furan rings is 1. The maximum atomic E-state index is 14.0. The highest BCUT2D eigenvalue weighted by Gasteiger charge is 2.32. The van der Waals surface area contributed by atoms with Crippen LogP contribution in [0.5, 0.6) is 5.75 Å². The topological polar surface area (TPSA) is 129 Å². The summed E-state index contributed by atoms with van der Waals surface area (Å²) < 4.78 is 13.2. The number of benzene rings is 3. The van der Waals surface area contributed by atoms with E-state index in [0.717, 1.165) is 0 Å². The number of aromatic nitrogens is 1. The Balaban J connectivity index is 1.44. The smallest absolute Gasteiger partial charge is 0.273 e. The number of nitrogens with one attached hydrogen (secondary N) is 1. The molecule has 0 saturated heterocycles. The minimum atomic E-state index is -0.748. The Hall–Kier alpha value is -5.55. The number of methoxy groups -OCH3 is 1. The van der Waals surface area contributed by atoms with Crippen LogP contribution >= 0.6 is 11.3 Å². The Bertz CT molecular complexity index is 2130. The molecule has 0 bridgehead atoms. The SMILES string of the molecule is COc1ccc([C@H]2C(C(=O)Nc3ccccc3)=C(C)N=c3s/c(=C/c4ccc(-c5cccc([N+](=O)[O-])c5C)o4)c(=O)n32)cc1. The number of thiazole rings is 1. The molecule has 6 rings (SSSR count). The molecular formula is C33H26N4O6S. The van der Waals surface area contributed by atoms with Crippen molar-refractivity contribution in [1.29, 1.82) is 0 Å². The molecule has 1 aliphatic rings. The number of hydrogen-bond donors (Lipinski definition) is 1. The lowest BCUT2D eigenvalue weighted by Gasteiger charge is -2.25. The zero-order valence-corrected chi connectivity index (χ0v) is 24.8. The number of nitro benzene ring substituents is 1. The molecule has 0 unspecified atom stereocenters. The number of hydrogen-bond acceptors (Lipinski definition) is 8. The minimum absolute atomic E-state index is 0.00485. The van der Waals surface area contributed by atoms with E-state index in [4.69, 9.17) is 9.15 Å². The van der Waals surface area contributed by atoms with Crippen molar-refractivity contribution in [3.8, 4) is 17.1 Å². The van der Waals surface area contributed by atoms with Crippen LogP contribution in [-0.4, -0.2) is 22.5 Å². The number of carbonyl (C=O) groups is 1. The van der Waals surface area contributed by atoms with Gasteiger partial charge >= 0.3 is 0 Å². The van der Waals surface area contributed by atoms with Crippen LogP contribution in [0.15, 0.2) is 110 Å². The van der Waals surface area contributed by atoms with Gasteiger partial charge in [0.2, 0.25) is 0 Å². The van der Waals surface area contributed by atoms with E-state index >= 15 is 0 Å². The molecule has 0 spiro atoms. The van der Waals surface area contributed by atoms with Gasteiger partial charge in [-0.05, 0) is 55.8 Å². The molecule has 1 atom stereocenters. The Kier molecular flexibility index (Phi) is 7.54. The number of para-hydroxylation sites is 1. The van der Waals surface area contributed by atoms with E-state index in [0.29, 0.717) is 60.3 Å². The number of ether oxygens (including phenoxy) is 1.